The van der Waals surface area contributed by atoms with Crippen LogP contribution in [0.15, 0.2) is 46.1 Å². The lowest BCUT2D eigenvalue weighted by Gasteiger charge is -2.45. The van der Waals surface area contributed by atoms with Crippen LogP contribution in [-0.2, 0) is 21.7 Å². The monoisotopic (exact) mass is 527 g/mol. The van der Waals surface area contributed by atoms with Gasteiger partial charge < -0.3 is 20.4 Å². The first-order valence-corrected chi connectivity index (χ1v) is 12.3. The number of carboxylic acid groups (broad SMARTS) is 1. The molecule has 4 heterocycles. The molecular formula is C25H19F2N3O6S. The molecule has 0 spiro atoms. The van der Waals surface area contributed by atoms with Crippen LogP contribution in [0.1, 0.15) is 27.2 Å². The number of hydrogen-bond acceptors (Lipinski definition) is 7. The van der Waals surface area contributed by atoms with E-state index in [1.807, 2.05) is 24.3 Å². The molecule has 190 valence electrons. The predicted octanol–water partition coefficient (Wildman–Crippen LogP) is 2.50. The second-order valence-corrected chi connectivity index (χ2v) is 9.94. The van der Waals surface area contributed by atoms with Crippen LogP contribution in [0.3, 0.4) is 0 Å². The first-order valence-electron chi connectivity index (χ1n) is 11.4. The van der Waals surface area contributed by atoms with Gasteiger partial charge in [0.2, 0.25) is 5.43 Å². The van der Waals surface area contributed by atoms with E-state index in [0.717, 1.165) is 32.2 Å². The van der Waals surface area contributed by atoms with Crippen molar-refractivity contribution < 1.29 is 33.3 Å². The van der Waals surface area contributed by atoms with Crippen LogP contribution in [0.4, 0.5) is 8.78 Å². The number of ether oxygens (including phenoxy) is 1. The maximum atomic E-state index is 15.0. The zero-order chi connectivity index (χ0) is 26.0. The Labute approximate surface area is 212 Å². The Morgan fingerprint density at radius 1 is 1.14 bits per heavy atom. The number of carbonyl (C=O) groups is 2. The number of rotatable bonds is 2. The maximum Gasteiger partial charge on any atom is 0.328 e. The topological polar surface area (TPSA) is 121 Å². The number of halogens is 2. The van der Waals surface area contributed by atoms with Crippen molar-refractivity contribution in [2.24, 2.45) is 0 Å². The third kappa shape index (κ3) is 3.58. The standard InChI is InChI=1S/C25H19F2N3O6S/c26-15-6-13(12-5-11-3-1-2-4-19(11)37-10-14(12)21(15)27)16-7-18(31)23(32)22-24(33)29-17(25(34)35)8-36-9-20(29)28-30(16)22/h1-4,6-7,17,20,28,32H,5,8-10H2,(H,34,35)/t17?,20-/m0/s1. The lowest BCUT2D eigenvalue weighted by Crippen LogP contribution is -2.65. The van der Waals surface area contributed by atoms with Gasteiger partial charge >= 0.3 is 5.97 Å². The van der Waals surface area contributed by atoms with Crippen molar-refractivity contribution in [1.29, 1.82) is 0 Å². The second-order valence-electron chi connectivity index (χ2n) is 8.93. The molecule has 0 aliphatic carbocycles. The Morgan fingerprint density at radius 2 is 1.92 bits per heavy atom. The number of pyridine rings is 1. The summed E-state index contributed by atoms with van der Waals surface area (Å²) in [5, 5.41) is 20.2. The minimum atomic E-state index is -1.35. The molecule has 6 rings (SSSR count). The van der Waals surface area contributed by atoms with E-state index in [4.69, 9.17) is 4.74 Å². The molecule has 3 aromatic rings. The highest BCUT2D eigenvalue weighted by atomic mass is 32.2. The highest BCUT2D eigenvalue weighted by molar-refractivity contribution is 7.98. The van der Waals surface area contributed by atoms with Crippen molar-refractivity contribution in [3.8, 4) is 17.0 Å². The van der Waals surface area contributed by atoms with E-state index in [2.05, 4.69) is 5.43 Å². The van der Waals surface area contributed by atoms with Crippen molar-refractivity contribution in [2.75, 3.05) is 18.6 Å². The molecule has 3 N–H and O–H groups in total. The number of benzene rings is 2. The Kier molecular flexibility index (Phi) is 5.46. The van der Waals surface area contributed by atoms with Crippen molar-refractivity contribution in [1.82, 2.24) is 9.58 Å². The van der Waals surface area contributed by atoms with Crippen LogP contribution in [0.25, 0.3) is 11.3 Å². The summed E-state index contributed by atoms with van der Waals surface area (Å²) in [7, 11) is 0. The zero-order valence-corrected chi connectivity index (χ0v) is 19.8. The van der Waals surface area contributed by atoms with Crippen molar-refractivity contribution in [2.45, 2.75) is 29.3 Å². The van der Waals surface area contributed by atoms with Gasteiger partial charge in [-0.1, -0.05) is 18.2 Å². The SMILES string of the molecule is O=C(O)C1COC[C@H]2Nn3c(-c4cc(F)c(F)c5c4Cc4ccccc4SC5)cc(=O)c(O)c3C(=O)N12. The van der Waals surface area contributed by atoms with E-state index in [9.17, 15) is 29.0 Å². The summed E-state index contributed by atoms with van der Waals surface area (Å²) < 4.78 is 36.4. The smallest absolute Gasteiger partial charge is 0.328 e. The van der Waals surface area contributed by atoms with E-state index < -0.39 is 52.6 Å². The zero-order valence-electron chi connectivity index (χ0n) is 19.0. The lowest BCUT2D eigenvalue weighted by molar-refractivity contribution is -0.150. The van der Waals surface area contributed by atoms with Gasteiger partial charge in [0, 0.05) is 27.8 Å². The van der Waals surface area contributed by atoms with Gasteiger partial charge in [-0.3, -0.25) is 14.5 Å². The molecule has 1 saturated heterocycles. The summed E-state index contributed by atoms with van der Waals surface area (Å²) in [4.78, 5) is 40.0. The van der Waals surface area contributed by atoms with E-state index in [0.29, 0.717) is 5.56 Å². The second kappa shape index (κ2) is 8.60. The molecule has 0 bridgehead atoms. The van der Waals surface area contributed by atoms with E-state index >= 15 is 4.39 Å². The van der Waals surface area contributed by atoms with Crippen molar-refractivity contribution in [3.63, 3.8) is 0 Å². The molecular weight excluding hydrogens is 508 g/mol. The third-order valence-electron chi connectivity index (χ3n) is 6.84. The molecule has 1 amide bonds. The number of hydrogen-bond donors (Lipinski definition) is 3. The quantitative estimate of drug-likeness (QED) is 0.465. The number of amides is 1. The number of aliphatic carboxylic acids is 1. The average molecular weight is 528 g/mol. The van der Waals surface area contributed by atoms with E-state index in [-0.39, 0.29) is 42.2 Å². The highest BCUT2D eigenvalue weighted by Crippen LogP contribution is 2.40. The van der Waals surface area contributed by atoms with Gasteiger partial charge in [0.05, 0.1) is 18.9 Å². The van der Waals surface area contributed by atoms with Crippen LogP contribution in [0.2, 0.25) is 0 Å². The molecule has 1 aromatic heterocycles. The number of carboxylic acids is 1. The van der Waals surface area contributed by atoms with Gasteiger partial charge in [0.25, 0.3) is 5.91 Å². The van der Waals surface area contributed by atoms with Crippen LogP contribution in [0, 0.1) is 11.6 Å². The van der Waals surface area contributed by atoms with E-state index in [1.54, 1.807) is 0 Å². The summed E-state index contributed by atoms with van der Waals surface area (Å²) in [6.45, 7) is -0.334. The van der Waals surface area contributed by atoms with E-state index in [1.165, 1.54) is 11.8 Å². The number of aromatic hydroxyl groups is 1. The summed E-state index contributed by atoms with van der Waals surface area (Å²) in [5.41, 5.74) is 3.20. The van der Waals surface area contributed by atoms with Crippen LogP contribution in [-0.4, -0.2) is 57.1 Å². The first-order chi connectivity index (χ1) is 17.8. The molecule has 2 atom stereocenters. The molecule has 2 aromatic carbocycles. The first kappa shape index (κ1) is 23.5. The lowest BCUT2D eigenvalue weighted by atomic mass is 9.92. The Balaban J connectivity index is 1.59. The molecule has 1 unspecified atom stereocenters. The number of nitrogens with one attached hydrogen (secondary N) is 1. The molecule has 12 heteroatoms. The minimum Gasteiger partial charge on any atom is -0.502 e. The van der Waals surface area contributed by atoms with Gasteiger partial charge in [-0.25, -0.2) is 18.3 Å². The molecule has 9 nitrogen and oxygen atoms in total. The predicted molar refractivity (Wildman–Crippen MR) is 128 cm³/mol. The van der Waals surface area contributed by atoms with Crippen molar-refractivity contribution in [3.05, 3.63) is 80.6 Å². The normalized spacial score (nSPS) is 20.2. The summed E-state index contributed by atoms with van der Waals surface area (Å²) >= 11 is 1.37. The molecule has 0 saturated carbocycles. The fourth-order valence-electron chi connectivity index (χ4n) is 5.07. The van der Waals surface area contributed by atoms with Gasteiger partial charge in [0.1, 0.15) is 6.17 Å². The number of nitrogens with zero attached hydrogens (tertiary/aromatic N) is 2. The van der Waals surface area contributed by atoms with Gasteiger partial charge in [-0.05, 0) is 29.7 Å². The van der Waals surface area contributed by atoms with Crippen LogP contribution < -0.4 is 10.9 Å². The van der Waals surface area contributed by atoms with Crippen LogP contribution in [0.5, 0.6) is 5.75 Å². The number of thioether (sulfide) groups is 1. The average Bonchev–Trinajstić information content (AvgIpc) is 3.08. The van der Waals surface area contributed by atoms with Crippen molar-refractivity contribution >= 4 is 23.6 Å². The fraction of sp³-hybridized carbons (Fsp3) is 0.240. The highest BCUT2D eigenvalue weighted by Gasteiger charge is 2.45. The molecule has 37 heavy (non-hydrogen) atoms. The Morgan fingerprint density at radius 3 is 2.70 bits per heavy atom. The number of aromatic nitrogens is 1. The number of fused-ring (bicyclic) bond motifs is 4. The Bertz CT molecular complexity index is 1560. The van der Waals surface area contributed by atoms with Gasteiger partial charge in [-0.15, -0.1) is 11.8 Å². The molecule has 3 aliphatic rings. The summed E-state index contributed by atoms with van der Waals surface area (Å²) in [6.07, 6.45) is -0.709. The summed E-state index contributed by atoms with van der Waals surface area (Å²) in [6, 6.07) is 8.14. The maximum absolute atomic E-state index is 15.0. The van der Waals surface area contributed by atoms with Crippen LogP contribution >= 0.6 is 11.8 Å². The largest absolute Gasteiger partial charge is 0.502 e. The van der Waals surface area contributed by atoms with Gasteiger partial charge in [0.15, 0.2) is 29.1 Å². The number of morpholine rings is 1. The third-order valence-corrected chi connectivity index (χ3v) is 7.98. The molecule has 1 fully saturated rings. The molecule has 0 radical (unpaired) electrons. The fourth-order valence-corrected chi connectivity index (χ4v) is 6.17. The Hall–Kier alpha value is -3.90. The minimum absolute atomic E-state index is 0.0304. The molecule has 3 aliphatic heterocycles. The summed E-state index contributed by atoms with van der Waals surface area (Å²) in [5.74, 6) is -5.05. The van der Waals surface area contributed by atoms with Gasteiger partial charge in [-0.2, -0.15) is 0 Å². The number of carbonyl (C=O) groups excluding carboxylic acids is 1.